The van der Waals surface area contributed by atoms with Crippen molar-refractivity contribution in [3.05, 3.63) is 66.7 Å². The summed E-state index contributed by atoms with van der Waals surface area (Å²) in [5.41, 5.74) is 0.501. The van der Waals surface area contributed by atoms with Crippen molar-refractivity contribution in [2.75, 3.05) is 11.3 Å². The summed E-state index contributed by atoms with van der Waals surface area (Å²) in [7, 11) is -3.66. The quantitative estimate of drug-likeness (QED) is 0.769. The van der Waals surface area contributed by atoms with E-state index < -0.39 is 10.0 Å². The first-order valence-electron chi connectivity index (χ1n) is 7.33. The van der Waals surface area contributed by atoms with Crippen molar-refractivity contribution in [1.82, 2.24) is 0 Å². The molecule has 0 saturated carbocycles. The van der Waals surface area contributed by atoms with Gasteiger partial charge < -0.3 is 4.74 Å². The largest absolute Gasteiger partial charge is 0.494 e. The van der Waals surface area contributed by atoms with Crippen LogP contribution >= 0.6 is 0 Å². The molecule has 118 valence electrons. The summed E-state index contributed by atoms with van der Waals surface area (Å²) in [6.07, 6.45) is 0. The minimum absolute atomic E-state index is 0.268. The van der Waals surface area contributed by atoms with Crippen molar-refractivity contribution < 1.29 is 13.2 Å². The molecule has 0 heterocycles. The van der Waals surface area contributed by atoms with Crippen LogP contribution < -0.4 is 9.46 Å². The Bertz CT molecular complexity index is 913. The molecular formula is C18H17NO3S. The van der Waals surface area contributed by atoms with Gasteiger partial charge in [0.15, 0.2) is 0 Å². The fraction of sp³-hybridized carbons (Fsp3) is 0.111. The molecule has 0 radical (unpaired) electrons. The highest BCUT2D eigenvalue weighted by molar-refractivity contribution is 7.93. The molecule has 0 fully saturated rings. The molecule has 0 amide bonds. The summed E-state index contributed by atoms with van der Waals surface area (Å²) in [4.78, 5) is 0.268. The number of rotatable bonds is 5. The Morgan fingerprint density at radius 2 is 1.61 bits per heavy atom. The lowest BCUT2D eigenvalue weighted by Gasteiger charge is -2.11. The van der Waals surface area contributed by atoms with Crippen molar-refractivity contribution in [3.8, 4) is 5.75 Å². The molecule has 3 aromatic rings. The fourth-order valence-electron chi connectivity index (χ4n) is 2.43. The Labute approximate surface area is 135 Å². The van der Waals surface area contributed by atoms with E-state index in [0.717, 1.165) is 5.39 Å². The first kappa shape index (κ1) is 15.4. The molecule has 3 aromatic carbocycles. The topological polar surface area (TPSA) is 55.4 Å². The van der Waals surface area contributed by atoms with Gasteiger partial charge >= 0.3 is 0 Å². The maximum absolute atomic E-state index is 12.7. The second-order valence-corrected chi connectivity index (χ2v) is 6.69. The van der Waals surface area contributed by atoms with Gasteiger partial charge in [-0.1, -0.05) is 36.4 Å². The molecule has 0 unspecified atom stereocenters. The lowest BCUT2D eigenvalue weighted by molar-refractivity contribution is 0.340. The fourth-order valence-corrected chi connectivity index (χ4v) is 3.72. The summed E-state index contributed by atoms with van der Waals surface area (Å²) < 4.78 is 33.3. The van der Waals surface area contributed by atoms with Gasteiger partial charge in [-0.25, -0.2) is 8.42 Å². The van der Waals surface area contributed by atoms with E-state index >= 15 is 0 Å². The second-order valence-electron chi connectivity index (χ2n) is 5.04. The maximum Gasteiger partial charge on any atom is 0.262 e. The van der Waals surface area contributed by atoms with Gasteiger partial charge in [-0.05, 0) is 42.6 Å². The first-order chi connectivity index (χ1) is 11.1. The molecule has 0 aliphatic carbocycles. The highest BCUT2D eigenvalue weighted by atomic mass is 32.2. The average molecular weight is 327 g/mol. The molecule has 0 spiro atoms. The van der Waals surface area contributed by atoms with Gasteiger partial charge in [0, 0.05) is 11.1 Å². The maximum atomic E-state index is 12.7. The van der Waals surface area contributed by atoms with Crippen molar-refractivity contribution in [1.29, 1.82) is 0 Å². The third-order valence-corrected chi connectivity index (χ3v) is 4.90. The Kier molecular flexibility index (Phi) is 4.21. The zero-order valence-electron chi connectivity index (χ0n) is 12.7. The highest BCUT2D eigenvalue weighted by Crippen LogP contribution is 2.25. The number of anilines is 1. The van der Waals surface area contributed by atoms with Crippen molar-refractivity contribution in [3.63, 3.8) is 0 Å². The van der Waals surface area contributed by atoms with E-state index in [2.05, 4.69) is 4.72 Å². The Balaban J connectivity index is 1.94. The number of fused-ring (bicyclic) bond motifs is 1. The summed E-state index contributed by atoms with van der Waals surface area (Å²) in [5.74, 6) is 0.709. The molecule has 1 N–H and O–H groups in total. The van der Waals surface area contributed by atoms with Gasteiger partial charge in [0.25, 0.3) is 10.0 Å². The van der Waals surface area contributed by atoms with Crippen LogP contribution in [0.4, 0.5) is 5.69 Å². The lowest BCUT2D eigenvalue weighted by atomic mass is 10.1. The standard InChI is InChI=1S/C18H17NO3S/c1-2-22-16-12-10-15(11-13-16)19-23(20,21)18-9-5-7-14-6-3-4-8-17(14)18/h3-13,19H,2H2,1H3. The van der Waals surface area contributed by atoms with Gasteiger partial charge in [-0.3, -0.25) is 4.72 Å². The van der Waals surface area contributed by atoms with Crippen molar-refractivity contribution in [2.45, 2.75) is 11.8 Å². The van der Waals surface area contributed by atoms with Crippen LogP contribution in [0.2, 0.25) is 0 Å². The number of benzene rings is 3. The van der Waals surface area contributed by atoms with Gasteiger partial charge in [0.2, 0.25) is 0 Å². The molecule has 23 heavy (non-hydrogen) atoms. The van der Waals surface area contributed by atoms with Gasteiger partial charge in [-0.15, -0.1) is 0 Å². The van der Waals surface area contributed by atoms with Crippen LogP contribution in [0.1, 0.15) is 6.92 Å². The van der Waals surface area contributed by atoms with Crippen LogP contribution in [-0.2, 0) is 10.0 Å². The third-order valence-electron chi connectivity index (χ3n) is 3.46. The van der Waals surface area contributed by atoms with E-state index in [4.69, 9.17) is 4.74 Å². The van der Waals surface area contributed by atoms with Gasteiger partial charge in [-0.2, -0.15) is 0 Å². The van der Waals surface area contributed by atoms with Crippen LogP contribution in [0.5, 0.6) is 5.75 Å². The number of hydrogen-bond acceptors (Lipinski definition) is 3. The normalized spacial score (nSPS) is 11.3. The molecule has 4 nitrogen and oxygen atoms in total. The average Bonchev–Trinajstić information content (AvgIpc) is 2.56. The predicted molar refractivity (Wildman–Crippen MR) is 92.4 cm³/mol. The molecular weight excluding hydrogens is 310 g/mol. The summed E-state index contributed by atoms with van der Waals surface area (Å²) in [6, 6.07) is 19.5. The minimum atomic E-state index is -3.66. The number of hydrogen-bond donors (Lipinski definition) is 1. The monoisotopic (exact) mass is 327 g/mol. The predicted octanol–water partition coefficient (Wildman–Crippen LogP) is 4.04. The van der Waals surface area contributed by atoms with Crippen LogP contribution in [0.15, 0.2) is 71.6 Å². The van der Waals surface area contributed by atoms with Crippen LogP contribution in [0, 0.1) is 0 Å². The van der Waals surface area contributed by atoms with E-state index in [0.29, 0.717) is 23.4 Å². The molecule has 0 aliphatic rings. The number of ether oxygens (including phenoxy) is 1. The molecule has 0 aliphatic heterocycles. The van der Waals surface area contributed by atoms with E-state index in [1.807, 2.05) is 37.3 Å². The summed E-state index contributed by atoms with van der Waals surface area (Å²) in [5, 5.41) is 1.59. The molecule has 5 heteroatoms. The minimum Gasteiger partial charge on any atom is -0.494 e. The zero-order chi connectivity index (χ0) is 16.3. The van der Waals surface area contributed by atoms with E-state index in [1.165, 1.54) is 0 Å². The van der Waals surface area contributed by atoms with Crippen LogP contribution in [0.3, 0.4) is 0 Å². The second kappa shape index (κ2) is 6.30. The summed E-state index contributed by atoms with van der Waals surface area (Å²) >= 11 is 0. The van der Waals surface area contributed by atoms with Crippen LogP contribution in [0.25, 0.3) is 10.8 Å². The van der Waals surface area contributed by atoms with Crippen molar-refractivity contribution >= 4 is 26.5 Å². The Morgan fingerprint density at radius 1 is 0.913 bits per heavy atom. The van der Waals surface area contributed by atoms with Gasteiger partial charge in [0.1, 0.15) is 5.75 Å². The number of sulfonamides is 1. The highest BCUT2D eigenvalue weighted by Gasteiger charge is 2.17. The Morgan fingerprint density at radius 3 is 2.35 bits per heavy atom. The molecule has 0 aromatic heterocycles. The molecule has 0 bridgehead atoms. The van der Waals surface area contributed by atoms with Crippen molar-refractivity contribution in [2.24, 2.45) is 0 Å². The molecule has 0 saturated heterocycles. The zero-order valence-corrected chi connectivity index (χ0v) is 13.5. The summed E-state index contributed by atoms with van der Waals surface area (Å²) in [6.45, 7) is 2.47. The third kappa shape index (κ3) is 3.29. The number of nitrogens with one attached hydrogen (secondary N) is 1. The lowest BCUT2D eigenvalue weighted by Crippen LogP contribution is -2.13. The van der Waals surface area contributed by atoms with Gasteiger partial charge in [0.05, 0.1) is 11.5 Å². The van der Waals surface area contributed by atoms with E-state index in [-0.39, 0.29) is 4.90 Å². The van der Waals surface area contributed by atoms with Crippen LogP contribution in [-0.4, -0.2) is 15.0 Å². The SMILES string of the molecule is CCOc1ccc(NS(=O)(=O)c2cccc3ccccc23)cc1. The van der Waals surface area contributed by atoms with E-state index in [9.17, 15) is 8.42 Å². The first-order valence-corrected chi connectivity index (χ1v) is 8.82. The molecule has 3 rings (SSSR count). The smallest absolute Gasteiger partial charge is 0.262 e. The Hall–Kier alpha value is -2.53. The molecule has 0 atom stereocenters. The van der Waals surface area contributed by atoms with E-state index in [1.54, 1.807) is 36.4 Å².